The number of nitrogens with one attached hydrogen (secondary N) is 1. The lowest BCUT2D eigenvalue weighted by atomic mass is 9.89. The molecule has 4 N–H and O–H groups in total. The number of hydrogen-bond donors (Lipinski definition) is 3. The molecule has 1 rings (SSSR count). The maximum absolute atomic E-state index is 11.9. The largest absolute Gasteiger partial charge is 0.392 e. The zero-order valence-electron chi connectivity index (χ0n) is 11.4. The predicted octanol–water partition coefficient (Wildman–Crippen LogP) is 0.739. The average Bonchev–Trinajstić information content (AvgIpc) is 2.25. The quantitative estimate of drug-likeness (QED) is 0.740. The topological polar surface area (TPSA) is 105 Å². The van der Waals surface area contributed by atoms with Crippen LogP contribution in [0, 0.1) is 5.41 Å². The Morgan fingerprint density at radius 1 is 1.42 bits per heavy atom. The number of sulfonamides is 1. The van der Waals surface area contributed by atoms with E-state index in [2.05, 4.69) is 9.71 Å². The van der Waals surface area contributed by atoms with Crippen LogP contribution in [0.4, 0.5) is 5.82 Å². The highest BCUT2D eigenvalue weighted by Gasteiger charge is 2.20. The Morgan fingerprint density at radius 2 is 2.05 bits per heavy atom. The lowest BCUT2D eigenvalue weighted by Gasteiger charge is -2.22. The molecule has 0 aromatic carbocycles. The van der Waals surface area contributed by atoms with Crippen molar-refractivity contribution >= 4 is 15.8 Å². The molecule has 1 unspecified atom stereocenters. The zero-order chi connectivity index (χ0) is 14.7. The Balaban J connectivity index is 2.63. The molecule has 0 aliphatic heterocycles. The van der Waals surface area contributed by atoms with Crippen molar-refractivity contribution in [2.75, 3.05) is 12.3 Å². The van der Waals surface area contributed by atoms with Crippen LogP contribution in [0.3, 0.4) is 0 Å². The van der Waals surface area contributed by atoms with Gasteiger partial charge >= 0.3 is 0 Å². The van der Waals surface area contributed by atoms with Gasteiger partial charge in [-0.15, -0.1) is 0 Å². The molecule has 0 bridgehead atoms. The second-order valence-electron chi connectivity index (χ2n) is 5.69. The lowest BCUT2D eigenvalue weighted by molar-refractivity contribution is 0.125. The molecule has 0 spiro atoms. The number of anilines is 1. The molecule has 1 atom stereocenters. The number of nitrogens with zero attached hydrogens (tertiary/aromatic N) is 1. The van der Waals surface area contributed by atoms with Crippen molar-refractivity contribution in [2.24, 2.45) is 5.41 Å². The third-order valence-electron chi connectivity index (χ3n) is 2.43. The minimum atomic E-state index is -3.66. The molecule has 19 heavy (non-hydrogen) atoms. The molecular formula is C12H21N3O3S. The molecule has 1 heterocycles. The van der Waals surface area contributed by atoms with E-state index in [4.69, 9.17) is 5.73 Å². The summed E-state index contributed by atoms with van der Waals surface area (Å²) >= 11 is 0. The van der Waals surface area contributed by atoms with Gasteiger partial charge in [-0.05, 0) is 24.0 Å². The Kier molecular flexibility index (Phi) is 4.89. The first-order chi connectivity index (χ1) is 8.60. The summed E-state index contributed by atoms with van der Waals surface area (Å²) in [5.41, 5.74) is 5.33. The van der Waals surface area contributed by atoms with Crippen LogP contribution in [0.5, 0.6) is 0 Å². The first-order valence-electron chi connectivity index (χ1n) is 5.99. The van der Waals surface area contributed by atoms with E-state index in [1.807, 2.05) is 20.8 Å². The second-order valence-corrected chi connectivity index (χ2v) is 7.46. The minimum Gasteiger partial charge on any atom is -0.392 e. The lowest BCUT2D eigenvalue weighted by Crippen LogP contribution is -2.34. The number of aliphatic hydroxyl groups is 1. The van der Waals surface area contributed by atoms with Crippen molar-refractivity contribution in [3.8, 4) is 0 Å². The summed E-state index contributed by atoms with van der Waals surface area (Å²) in [7, 11) is -3.66. The van der Waals surface area contributed by atoms with Gasteiger partial charge in [0.25, 0.3) is 0 Å². The highest BCUT2D eigenvalue weighted by atomic mass is 32.2. The molecule has 7 heteroatoms. The van der Waals surface area contributed by atoms with E-state index in [9.17, 15) is 13.5 Å². The smallest absolute Gasteiger partial charge is 0.242 e. The van der Waals surface area contributed by atoms with E-state index < -0.39 is 16.1 Å². The number of hydrogen-bond acceptors (Lipinski definition) is 5. The van der Waals surface area contributed by atoms with Crippen molar-refractivity contribution in [1.82, 2.24) is 9.71 Å². The van der Waals surface area contributed by atoms with Gasteiger partial charge in [-0.2, -0.15) is 0 Å². The van der Waals surface area contributed by atoms with E-state index in [1.165, 1.54) is 18.3 Å². The minimum absolute atomic E-state index is 0.0238. The van der Waals surface area contributed by atoms with Crippen LogP contribution < -0.4 is 10.5 Å². The van der Waals surface area contributed by atoms with Gasteiger partial charge in [-0.1, -0.05) is 20.8 Å². The molecule has 0 aliphatic rings. The van der Waals surface area contributed by atoms with Crippen LogP contribution in [0.2, 0.25) is 0 Å². The van der Waals surface area contributed by atoms with Crippen molar-refractivity contribution in [3.05, 3.63) is 18.3 Å². The second kappa shape index (κ2) is 5.85. The number of rotatable bonds is 5. The molecule has 0 saturated carbocycles. The van der Waals surface area contributed by atoms with Crippen LogP contribution in [0.25, 0.3) is 0 Å². The Labute approximate surface area is 114 Å². The Hall–Kier alpha value is -1.18. The van der Waals surface area contributed by atoms with E-state index in [1.54, 1.807) is 0 Å². The Bertz CT molecular complexity index is 506. The fourth-order valence-corrected chi connectivity index (χ4v) is 2.64. The molecule has 0 aliphatic carbocycles. The molecule has 6 nitrogen and oxygen atoms in total. The number of pyridine rings is 1. The number of aliphatic hydroxyl groups excluding tert-OH is 1. The highest BCUT2D eigenvalue weighted by molar-refractivity contribution is 7.89. The van der Waals surface area contributed by atoms with Gasteiger partial charge in [-0.3, -0.25) is 0 Å². The van der Waals surface area contributed by atoms with Gasteiger partial charge in [0, 0.05) is 12.7 Å². The summed E-state index contributed by atoms with van der Waals surface area (Å²) in [6.45, 7) is 5.92. The molecular weight excluding hydrogens is 266 g/mol. The fraction of sp³-hybridized carbons (Fsp3) is 0.583. The van der Waals surface area contributed by atoms with Crippen molar-refractivity contribution in [1.29, 1.82) is 0 Å². The van der Waals surface area contributed by atoms with Crippen LogP contribution in [-0.2, 0) is 10.0 Å². The van der Waals surface area contributed by atoms with Crippen LogP contribution in [0.15, 0.2) is 23.2 Å². The van der Waals surface area contributed by atoms with Gasteiger partial charge in [0.15, 0.2) is 0 Å². The van der Waals surface area contributed by atoms with E-state index in [0.717, 1.165) is 0 Å². The first kappa shape index (κ1) is 15.9. The normalized spacial score (nSPS) is 14.3. The molecule has 0 radical (unpaired) electrons. The average molecular weight is 287 g/mol. The maximum atomic E-state index is 11.9. The van der Waals surface area contributed by atoms with Crippen molar-refractivity contribution in [2.45, 2.75) is 38.2 Å². The van der Waals surface area contributed by atoms with Gasteiger partial charge in [-0.25, -0.2) is 18.1 Å². The first-order valence-corrected chi connectivity index (χ1v) is 7.48. The number of aromatic nitrogens is 1. The van der Waals surface area contributed by atoms with Gasteiger partial charge in [0.1, 0.15) is 10.7 Å². The molecule has 0 saturated heterocycles. The molecule has 1 aromatic heterocycles. The van der Waals surface area contributed by atoms with Crippen LogP contribution >= 0.6 is 0 Å². The summed E-state index contributed by atoms with van der Waals surface area (Å²) in [5.74, 6) is 0.256. The summed E-state index contributed by atoms with van der Waals surface area (Å²) in [5, 5.41) is 9.78. The highest BCUT2D eigenvalue weighted by Crippen LogP contribution is 2.20. The van der Waals surface area contributed by atoms with Crippen LogP contribution in [-0.4, -0.2) is 31.2 Å². The van der Waals surface area contributed by atoms with Crippen molar-refractivity contribution in [3.63, 3.8) is 0 Å². The predicted molar refractivity (Wildman–Crippen MR) is 73.9 cm³/mol. The third-order valence-corrected chi connectivity index (χ3v) is 3.84. The molecule has 1 aromatic rings. The monoisotopic (exact) mass is 287 g/mol. The van der Waals surface area contributed by atoms with Crippen LogP contribution in [0.1, 0.15) is 27.2 Å². The summed E-state index contributed by atoms with van der Waals surface area (Å²) < 4.78 is 26.2. The fourth-order valence-electron chi connectivity index (χ4n) is 1.62. The SMILES string of the molecule is CC(C)(C)CC(O)CNS(=O)(=O)c1ccc(N)nc1. The van der Waals surface area contributed by atoms with E-state index >= 15 is 0 Å². The zero-order valence-corrected chi connectivity index (χ0v) is 12.2. The number of nitrogen functional groups attached to an aromatic ring is 1. The maximum Gasteiger partial charge on any atom is 0.242 e. The summed E-state index contributed by atoms with van der Waals surface area (Å²) in [6.07, 6.45) is 0.972. The molecule has 0 amide bonds. The summed E-state index contributed by atoms with van der Waals surface area (Å²) in [6, 6.07) is 2.79. The van der Waals surface area contributed by atoms with E-state index in [-0.39, 0.29) is 22.7 Å². The van der Waals surface area contributed by atoms with Gasteiger partial charge in [0.05, 0.1) is 6.10 Å². The van der Waals surface area contributed by atoms with Gasteiger partial charge in [0.2, 0.25) is 10.0 Å². The Morgan fingerprint density at radius 3 is 2.53 bits per heavy atom. The standard InChI is InChI=1S/C12H21N3O3S/c1-12(2,3)6-9(16)7-15-19(17,18)10-4-5-11(13)14-8-10/h4-5,8-9,15-16H,6-7H2,1-3H3,(H2,13,14). The summed E-state index contributed by atoms with van der Waals surface area (Å²) in [4.78, 5) is 3.76. The molecule has 0 fully saturated rings. The molecule has 108 valence electrons. The van der Waals surface area contributed by atoms with Crippen molar-refractivity contribution < 1.29 is 13.5 Å². The van der Waals surface area contributed by atoms with Gasteiger partial charge < -0.3 is 10.8 Å². The number of nitrogens with two attached hydrogens (primary N) is 1. The van der Waals surface area contributed by atoms with E-state index in [0.29, 0.717) is 6.42 Å². The third kappa shape index (κ3) is 5.54.